The fourth-order valence-electron chi connectivity index (χ4n) is 5.44. The Labute approximate surface area is 248 Å². The second-order valence-corrected chi connectivity index (χ2v) is 11.1. The lowest BCUT2D eigenvalue weighted by atomic mass is 10.0. The van der Waals surface area contributed by atoms with Gasteiger partial charge < -0.3 is 9.47 Å². The van der Waals surface area contributed by atoms with Gasteiger partial charge in [0.2, 0.25) is 4.80 Å². The first kappa shape index (κ1) is 27.5. The molecule has 1 aliphatic carbocycles. The molecule has 8 nitrogen and oxygen atoms in total. The molecule has 6 rings (SSSR count). The highest BCUT2D eigenvalue weighted by molar-refractivity contribution is 7.07. The summed E-state index contributed by atoms with van der Waals surface area (Å²) in [5.41, 5.74) is 6.82. The monoisotopic (exact) mass is 579 g/mol. The van der Waals surface area contributed by atoms with Crippen LogP contribution in [0.1, 0.15) is 36.1 Å². The molecule has 3 aromatic carbocycles. The van der Waals surface area contributed by atoms with Crippen LogP contribution >= 0.6 is 11.3 Å². The zero-order chi connectivity index (χ0) is 29.2. The van der Waals surface area contributed by atoms with E-state index < -0.39 is 0 Å². The highest BCUT2D eigenvalue weighted by atomic mass is 32.1. The summed E-state index contributed by atoms with van der Waals surface area (Å²) >= 11 is 1.44. The molecule has 0 amide bonds. The van der Waals surface area contributed by atoms with Crippen molar-refractivity contribution in [2.45, 2.75) is 32.6 Å². The summed E-state index contributed by atoms with van der Waals surface area (Å²) in [4.78, 5) is 19.3. The number of ether oxygens (including phenoxy) is 2. The van der Waals surface area contributed by atoms with E-state index in [0.717, 1.165) is 59.6 Å². The first-order valence-electron chi connectivity index (χ1n) is 14.0. The lowest BCUT2D eigenvalue weighted by Gasteiger charge is -2.13. The van der Waals surface area contributed by atoms with Crippen molar-refractivity contribution in [2.24, 2.45) is 17.1 Å². The standard InChI is InChI=1S/C33H33N5O3S/c1-22-31(32(39)38(36(22)2)24-14-6-5-7-15-24)34-33-37(35-28-17-11-9-13-23-12-8-10-16-26(23)28)29(21-42-33)27-20-25(40-3)18-19-30(27)41-4/h5-8,10,12,14-16,18-21H,9,11,13,17H2,1-4H3. The Bertz CT molecular complexity index is 1910. The molecule has 0 fully saturated rings. The summed E-state index contributed by atoms with van der Waals surface area (Å²) in [7, 11) is 5.17. The van der Waals surface area contributed by atoms with E-state index >= 15 is 0 Å². The van der Waals surface area contributed by atoms with Crippen molar-refractivity contribution >= 4 is 22.7 Å². The minimum Gasteiger partial charge on any atom is -0.497 e. The van der Waals surface area contributed by atoms with Crippen LogP contribution < -0.4 is 19.8 Å². The maximum atomic E-state index is 13.8. The third-order valence-corrected chi connectivity index (χ3v) is 8.57. The Morgan fingerprint density at radius 2 is 1.64 bits per heavy atom. The maximum absolute atomic E-state index is 13.8. The number of methoxy groups -OCH3 is 2. The van der Waals surface area contributed by atoms with E-state index in [-0.39, 0.29) is 5.56 Å². The van der Waals surface area contributed by atoms with Crippen LogP contribution in [0.2, 0.25) is 0 Å². The average Bonchev–Trinajstić information content (AvgIpc) is 3.41. The topological polar surface area (TPSA) is 75.0 Å². The van der Waals surface area contributed by atoms with Crippen LogP contribution in [0, 0.1) is 6.92 Å². The fraction of sp³-hybridized carbons (Fsp3) is 0.242. The van der Waals surface area contributed by atoms with Crippen LogP contribution in [-0.4, -0.2) is 34.0 Å². The van der Waals surface area contributed by atoms with E-state index in [1.54, 1.807) is 18.9 Å². The number of hydrogen-bond acceptors (Lipinski definition) is 6. The Balaban J connectivity index is 1.62. The number of thiazole rings is 1. The molecule has 0 aliphatic heterocycles. The largest absolute Gasteiger partial charge is 0.497 e. The Morgan fingerprint density at radius 3 is 2.43 bits per heavy atom. The molecule has 1 aliphatic rings. The van der Waals surface area contributed by atoms with Gasteiger partial charge in [0.1, 0.15) is 11.5 Å². The van der Waals surface area contributed by atoms with E-state index in [1.807, 2.05) is 77.2 Å². The average molecular weight is 580 g/mol. The Morgan fingerprint density at radius 1 is 0.881 bits per heavy atom. The molecule has 9 heteroatoms. The van der Waals surface area contributed by atoms with Crippen molar-refractivity contribution in [3.63, 3.8) is 0 Å². The summed E-state index contributed by atoms with van der Waals surface area (Å²) in [5.74, 6) is 1.40. The lowest BCUT2D eigenvalue weighted by Crippen LogP contribution is -2.20. The minimum absolute atomic E-state index is 0.186. The smallest absolute Gasteiger partial charge is 0.297 e. The molecular formula is C33H33N5O3S. The van der Waals surface area contributed by atoms with Crippen molar-refractivity contribution in [3.05, 3.63) is 110 Å². The van der Waals surface area contributed by atoms with Gasteiger partial charge in [-0.2, -0.15) is 5.10 Å². The van der Waals surface area contributed by atoms with Gasteiger partial charge in [0.05, 0.1) is 37.0 Å². The summed E-state index contributed by atoms with van der Waals surface area (Å²) in [6.45, 7) is 1.91. The molecule has 0 spiro atoms. The second kappa shape index (κ2) is 11.7. The van der Waals surface area contributed by atoms with E-state index in [2.05, 4.69) is 24.3 Å². The van der Waals surface area contributed by atoms with Crippen LogP contribution in [0.5, 0.6) is 11.5 Å². The molecular weight excluding hydrogens is 546 g/mol. The number of hydrogen-bond donors (Lipinski definition) is 0. The van der Waals surface area contributed by atoms with Crippen molar-refractivity contribution in [3.8, 4) is 28.4 Å². The summed E-state index contributed by atoms with van der Waals surface area (Å²) in [6, 6.07) is 23.8. The third kappa shape index (κ3) is 5.00. The van der Waals surface area contributed by atoms with E-state index in [0.29, 0.717) is 22.0 Å². The fourth-order valence-corrected chi connectivity index (χ4v) is 6.27. The zero-order valence-corrected chi connectivity index (χ0v) is 25.0. The summed E-state index contributed by atoms with van der Waals surface area (Å²) in [6.07, 6.45) is 4.03. The van der Waals surface area contributed by atoms with Crippen LogP contribution in [-0.2, 0) is 13.5 Å². The van der Waals surface area contributed by atoms with Crippen LogP contribution in [0.4, 0.5) is 5.69 Å². The third-order valence-electron chi connectivity index (χ3n) is 7.76. The predicted molar refractivity (Wildman–Crippen MR) is 168 cm³/mol. The summed E-state index contributed by atoms with van der Waals surface area (Å²) < 4.78 is 16.7. The number of fused-ring (bicyclic) bond motifs is 1. The van der Waals surface area contributed by atoms with E-state index in [9.17, 15) is 4.79 Å². The van der Waals surface area contributed by atoms with Gasteiger partial charge in [-0.05, 0) is 68.5 Å². The molecule has 0 bridgehead atoms. The number of benzene rings is 3. The number of aryl methyl sites for hydroxylation is 1. The van der Waals surface area contributed by atoms with E-state index in [1.165, 1.54) is 16.9 Å². The molecule has 5 aromatic rings. The minimum atomic E-state index is -0.186. The van der Waals surface area contributed by atoms with Gasteiger partial charge >= 0.3 is 0 Å². The summed E-state index contributed by atoms with van der Waals surface area (Å²) in [5, 5.41) is 7.28. The normalized spacial score (nSPS) is 14.6. The Kier molecular flexibility index (Phi) is 7.67. The van der Waals surface area contributed by atoms with Crippen molar-refractivity contribution in [1.29, 1.82) is 0 Å². The van der Waals surface area contributed by atoms with Crippen LogP contribution in [0.15, 0.2) is 93.1 Å². The van der Waals surface area contributed by atoms with Gasteiger partial charge in [-0.25, -0.2) is 14.4 Å². The molecule has 2 aromatic heterocycles. The number of aromatic nitrogens is 3. The Hall–Kier alpha value is -4.63. The van der Waals surface area contributed by atoms with Gasteiger partial charge in [0.15, 0.2) is 5.69 Å². The molecule has 0 unspecified atom stereocenters. The molecule has 0 atom stereocenters. The van der Waals surface area contributed by atoms with Gasteiger partial charge in [-0.3, -0.25) is 9.48 Å². The van der Waals surface area contributed by atoms with Crippen molar-refractivity contribution in [1.82, 2.24) is 14.0 Å². The van der Waals surface area contributed by atoms with E-state index in [4.69, 9.17) is 19.6 Å². The SMILES string of the molecule is COc1ccc(OC)c(-c2csc(=Nc3c(C)n(C)n(-c4ccccc4)c3=O)n2N=C2CCCCc3ccccc32)c1. The highest BCUT2D eigenvalue weighted by Gasteiger charge is 2.20. The second-order valence-electron chi connectivity index (χ2n) is 10.2. The molecule has 214 valence electrons. The highest BCUT2D eigenvalue weighted by Crippen LogP contribution is 2.34. The molecule has 2 heterocycles. The van der Waals surface area contributed by atoms with Crippen LogP contribution in [0.3, 0.4) is 0 Å². The van der Waals surface area contributed by atoms with Gasteiger partial charge in [0, 0.05) is 23.6 Å². The molecule has 0 saturated carbocycles. The molecule has 0 N–H and O–H groups in total. The lowest BCUT2D eigenvalue weighted by molar-refractivity contribution is 0.404. The first-order chi connectivity index (χ1) is 20.5. The molecule has 42 heavy (non-hydrogen) atoms. The number of nitrogens with zero attached hydrogens (tertiary/aromatic N) is 5. The molecule has 0 radical (unpaired) electrons. The van der Waals surface area contributed by atoms with Gasteiger partial charge in [-0.1, -0.05) is 42.5 Å². The molecule has 0 saturated heterocycles. The predicted octanol–water partition coefficient (Wildman–Crippen LogP) is 6.24. The quantitative estimate of drug-likeness (QED) is 0.224. The van der Waals surface area contributed by atoms with Crippen molar-refractivity contribution < 1.29 is 9.47 Å². The first-order valence-corrected chi connectivity index (χ1v) is 14.9. The number of rotatable bonds is 6. The maximum Gasteiger partial charge on any atom is 0.297 e. The van der Waals surface area contributed by atoms with Gasteiger partial charge in [-0.15, -0.1) is 11.3 Å². The van der Waals surface area contributed by atoms with Crippen LogP contribution in [0.25, 0.3) is 16.9 Å². The number of para-hydroxylation sites is 1. The van der Waals surface area contributed by atoms with Gasteiger partial charge in [0.25, 0.3) is 5.56 Å². The zero-order valence-electron chi connectivity index (χ0n) is 24.2. The van der Waals surface area contributed by atoms with Crippen molar-refractivity contribution in [2.75, 3.05) is 14.2 Å².